The Kier molecular flexibility index (Phi) is 5.84. The van der Waals surface area contributed by atoms with Crippen LogP contribution in [0.25, 0.3) is 6.08 Å². The van der Waals surface area contributed by atoms with Gasteiger partial charge in [0.15, 0.2) is 5.78 Å². The SMILES string of the molecule is COc1cccc(C=CC(=O)N2CCC(C(=O)c3ccccc3)CC2)c1. The summed E-state index contributed by atoms with van der Waals surface area (Å²) < 4.78 is 5.19. The number of methoxy groups -OCH3 is 1. The first-order valence-corrected chi connectivity index (χ1v) is 8.87. The monoisotopic (exact) mass is 349 g/mol. The molecule has 0 aromatic heterocycles. The highest BCUT2D eigenvalue weighted by Gasteiger charge is 2.27. The van der Waals surface area contributed by atoms with Crippen LogP contribution in [0.1, 0.15) is 28.8 Å². The number of carbonyl (C=O) groups excluding carboxylic acids is 2. The summed E-state index contributed by atoms with van der Waals surface area (Å²) in [4.78, 5) is 26.7. The highest BCUT2D eigenvalue weighted by Crippen LogP contribution is 2.22. The average Bonchev–Trinajstić information content (AvgIpc) is 2.72. The van der Waals surface area contributed by atoms with Gasteiger partial charge in [0.1, 0.15) is 5.75 Å². The summed E-state index contributed by atoms with van der Waals surface area (Å²) in [5, 5.41) is 0. The van der Waals surface area contributed by atoms with Crippen molar-refractivity contribution in [1.29, 1.82) is 0 Å². The van der Waals surface area contributed by atoms with E-state index in [-0.39, 0.29) is 17.6 Å². The molecule has 1 heterocycles. The number of benzene rings is 2. The van der Waals surface area contributed by atoms with Gasteiger partial charge in [0, 0.05) is 30.6 Å². The molecule has 0 saturated carbocycles. The summed E-state index contributed by atoms with van der Waals surface area (Å²) in [7, 11) is 1.62. The van der Waals surface area contributed by atoms with Crippen molar-refractivity contribution < 1.29 is 14.3 Å². The van der Waals surface area contributed by atoms with Crippen LogP contribution >= 0.6 is 0 Å². The third kappa shape index (κ3) is 4.39. The van der Waals surface area contributed by atoms with Gasteiger partial charge in [0.05, 0.1) is 7.11 Å². The smallest absolute Gasteiger partial charge is 0.246 e. The number of ketones is 1. The topological polar surface area (TPSA) is 46.6 Å². The van der Waals surface area contributed by atoms with Crippen LogP contribution in [-0.4, -0.2) is 36.8 Å². The first-order valence-electron chi connectivity index (χ1n) is 8.87. The minimum Gasteiger partial charge on any atom is -0.497 e. The first-order chi connectivity index (χ1) is 12.7. The number of carbonyl (C=O) groups is 2. The van der Waals surface area contributed by atoms with E-state index in [0.29, 0.717) is 25.9 Å². The van der Waals surface area contributed by atoms with Crippen LogP contribution < -0.4 is 4.74 Å². The van der Waals surface area contributed by atoms with Gasteiger partial charge in [-0.05, 0) is 36.6 Å². The number of hydrogen-bond acceptors (Lipinski definition) is 3. The normalized spacial score (nSPS) is 15.2. The van der Waals surface area contributed by atoms with Crippen LogP contribution in [0, 0.1) is 5.92 Å². The molecular weight excluding hydrogens is 326 g/mol. The van der Waals surface area contributed by atoms with Gasteiger partial charge in [-0.25, -0.2) is 0 Å². The first kappa shape index (κ1) is 17.9. The van der Waals surface area contributed by atoms with Crippen LogP contribution in [0.5, 0.6) is 5.75 Å². The molecule has 0 atom stereocenters. The Morgan fingerprint density at radius 1 is 1.04 bits per heavy atom. The molecule has 1 saturated heterocycles. The Bertz CT molecular complexity index is 790. The Labute approximate surface area is 154 Å². The summed E-state index contributed by atoms with van der Waals surface area (Å²) in [6.45, 7) is 1.23. The summed E-state index contributed by atoms with van der Waals surface area (Å²) in [5.74, 6) is 0.937. The van der Waals surface area contributed by atoms with Crippen LogP contribution in [0.2, 0.25) is 0 Å². The van der Waals surface area contributed by atoms with E-state index in [4.69, 9.17) is 4.74 Å². The van der Waals surface area contributed by atoms with Crippen molar-refractivity contribution in [3.63, 3.8) is 0 Å². The highest BCUT2D eigenvalue weighted by atomic mass is 16.5. The van der Waals surface area contributed by atoms with E-state index in [9.17, 15) is 9.59 Å². The number of Topliss-reactive ketones (excluding diaryl/α,β-unsaturated/α-hetero) is 1. The molecule has 0 spiro atoms. The minimum atomic E-state index is -0.0153. The van der Waals surface area contributed by atoms with E-state index >= 15 is 0 Å². The number of piperidine rings is 1. The van der Waals surface area contributed by atoms with Crippen LogP contribution in [0.3, 0.4) is 0 Å². The summed E-state index contributed by atoms with van der Waals surface area (Å²) in [5.41, 5.74) is 1.68. The second-order valence-electron chi connectivity index (χ2n) is 6.44. The summed E-state index contributed by atoms with van der Waals surface area (Å²) >= 11 is 0. The van der Waals surface area contributed by atoms with Crippen LogP contribution in [0.4, 0.5) is 0 Å². The molecule has 3 rings (SSSR count). The minimum absolute atomic E-state index is 0.00353. The second kappa shape index (κ2) is 8.48. The highest BCUT2D eigenvalue weighted by molar-refractivity contribution is 5.98. The number of nitrogens with zero attached hydrogens (tertiary/aromatic N) is 1. The molecule has 1 aliphatic heterocycles. The van der Waals surface area contributed by atoms with Gasteiger partial charge < -0.3 is 9.64 Å². The third-order valence-corrected chi connectivity index (χ3v) is 4.75. The molecule has 0 unspecified atom stereocenters. The zero-order chi connectivity index (χ0) is 18.4. The summed E-state index contributed by atoms with van der Waals surface area (Å²) in [6.07, 6.45) is 4.82. The fourth-order valence-electron chi connectivity index (χ4n) is 3.22. The maximum Gasteiger partial charge on any atom is 0.246 e. The van der Waals surface area contributed by atoms with Crippen molar-refractivity contribution >= 4 is 17.8 Å². The van der Waals surface area contributed by atoms with Gasteiger partial charge in [-0.1, -0.05) is 42.5 Å². The zero-order valence-corrected chi connectivity index (χ0v) is 14.9. The van der Waals surface area contributed by atoms with E-state index in [1.54, 1.807) is 19.3 Å². The van der Waals surface area contributed by atoms with Gasteiger partial charge in [0.25, 0.3) is 0 Å². The van der Waals surface area contributed by atoms with Crippen LogP contribution in [-0.2, 0) is 4.79 Å². The quantitative estimate of drug-likeness (QED) is 0.609. The molecule has 26 heavy (non-hydrogen) atoms. The van der Waals surface area contributed by atoms with Crippen molar-refractivity contribution in [3.05, 3.63) is 71.8 Å². The lowest BCUT2D eigenvalue weighted by Gasteiger charge is -2.30. The Hall–Kier alpha value is -2.88. The Morgan fingerprint density at radius 3 is 2.46 bits per heavy atom. The molecule has 2 aromatic rings. The lowest BCUT2D eigenvalue weighted by Crippen LogP contribution is -2.39. The molecule has 1 amide bonds. The molecule has 4 heteroatoms. The van der Waals surface area contributed by atoms with Crippen molar-refractivity contribution in [1.82, 2.24) is 4.90 Å². The molecule has 1 fully saturated rings. The number of rotatable bonds is 5. The maximum atomic E-state index is 12.5. The van der Waals surface area contributed by atoms with Crippen molar-refractivity contribution in [2.45, 2.75) is 12.8 Å². The van der Waals surface area contributed by atoms with E-state index in [1.165, 1.54) is 0 Å². The number of hydrogen-bond donors (Lipinski definition) is 0. The molecule has 1 aliphatic rings. The average molecular weight is 349 g/mol. The fourth-order valence-corrected chi connectivity index (χ4v) is 3.22. The lowest BCUT2D eigenvalue weighted by molar-refractivity contribution is -0.127. The van der Waals surface area contributed by atoms with Crippen molar-refractivity contribution in [3.8, 4) is 5.75 Å². The molecule has 0 radical (unpaired) electrons. The molecule has 134 valence electrons. The fraction of sp³-hybridized carbons (Fsp3) is 0.273. The van der Waals surface area contributed by atoms with Gasteiger partial charge in [-0.3, -0.25) is 9.59 Å². The van der Waals surface area contributed by atoms with Gasteiger partial charge in [-0.2, -0.15) is 0 Å². The number of amides is 1. The number of ether oxygens (including phenoxy) is 1. The van der Waals surface area contributed by atoms with E-state index < -0.39 is 0 Å². The van der Waals surface area contributed by atoms with Crippen molar-refractivity contribution in [2.75, 3.05) is 20.2 Å². The third-order valence-electron chi connectivity index (χ3n) is 4.75. The van der Waals surface area contributed by atoms with E-state index in [0.717, 1.165) is 16.9 Å². The molecule has 0 bridgehead atoms. The maximum absolute atomic E-state index is 12.5. The Balaban J connectivity index is 1.55. The molecule has 0 N–H and O–H groups in total. The molecular formula is C22H23NO3. The molecule has 4 nitrogen and oxygen atoms in total. The second-order valence-corrected chi connectivity index (χ2v) is 6.44. The number of likely N-dealkylation sites (tertiary alicyclic amines) is 1. The van der Waals surface area contributed by atoms with Crippen LogP contribution in [0.15, 0.2) is 60.7 Å². The zero-order valence-electron chi connectivity index (χ0n) is 14.9. The Morgan fingerprint density at radius 2 is 1.77 bits per heavy atom. The predicted octanol–water partition coefficient (Wildman–Crippen LogP) is 3.83. The van der Waals surface area contributed by atoms with Gasteiger partial charge >= 0.3 is 0 Å². The van der Waals surface area contributed by atoms with Gasteiger partial charge in [0.2, 0.25) is 5.91 Å². The summed E-state index contributed by atoms with van der Waals surface area (Å²) in [6, 6.07) is 17.0. The van der Waals surface area contributed by atoms with E-state index in [1.807, 2.05) is 59.5 Å². The molecule has 2 aromatic carbocycles. The standard InChI is InChI=1S/C22H23NO3/c1-26-20-9-5-6-17(16-20)10-11-21(24)23-14-12-19(13-15-23)22(25)18-7-3-2-4-8-18/h2-11,16,19H,12-15H2,1H3. The molecule has 0 aliphatic carbocycles. The predicted molar refractivity (Wildman–Crippen MR) is 102 cm³/mol. The van der Waals surface area contributed by atoms with Crippen molar-refractivity contribution in [2.24, 2.45) is 5.92 Å². The lowest BCUT2D eigenvalue weighted by atomic mass is 9.89. The largest absolute Gasteiger partial charge is 0.497 e. The van der Waals surface area contributed by atoms with E-state index in [2.05, 4.69) is 0 Å². The van der Waals surface area contributed by atoms with Gasteiger partial charge in [-0.15, -0.1) is 0 Å².